The average Bonchev–Trinajstić information content (AvgIpc) is 2.71. The van der Waals surface area contributed by atoms with Gasteiger partial charge < -0.3 is 19.5 Å². The number of rotatable bonds is 10. The highest BCUT2D eigenvalue weighted by Gasteiger charge is 2.24. The molecule has 0 aliphatic heterocycles. The maximum atomic E-state index is 12.5. The molecule has 172 valence electrons. The van der Waals surface area contributed by atoms with Gasteiger partial charge in [0.25, 0.3) is 5.69 Å². The van der Waals surface area contributed by atoms with Gasteiger partial charge in [0.1, 0.15) is 6.61 Å². The Morgan fingerprint density at radius 2 is 1.84 bits per heavy atom. The van der Waals surface area contributed by atoms with Gasteiger partial charge in [-0.2, -0.15) is 8.78 Å². The lowest BCUT2D eigenvalue weighted by Gasteiger charge is -2.18. The quantitative estimate of drug-likeness (QED) is 0.313. The maximum Gasteiger partial charge on any atom is 0.387 e. The Balaban J connectivity index is 2.18. The lowest BCUT2D eigenvalue weighted by atomic mass is 10.0. The monoisotopic (exact) mass is 472 g/mol. The molecule has 9 nitrogen and oxygen atoms in total. The Hall–Kier alpha value is -3.47. The van der Waals surface area contributed by atoms with Crippen molar-refractivity contribution in [3.63, 3.8) is 0 Å². The molecule has 2 aromatic carbocycles. The number of nitro groups is 1. The Bertz CT molecular complexity index is 987. The van der Waals surface area contributed by atoms with E-state index in [0.717, 1.165) is 12.1 Å². The molecule has 1 atom stereocenters. The Morgan fingerprint density at radius 3 is 2.38 bits per heavy atom. The predicted octanol–water partition coefficient (Wildman–Crippen LogP) is 4.17. The lowest BCUT2D eigenvalue weighted by molar-refractivity contribution is -0.386. The van der Waals surface area contributed by atoms with Crippen LogP contribution in [0.1, 0.15) is 30.5 Å². The molecule has 1 unspecified atom stereocenters. The fourth-order valence-corrected chi connectivity index (χ4v) is 2.93. The molecular formula is C20H19ClF2N2O7. The third-order valence-corrected chi connectivity index (χ3v) is 4.44. The summed E-state index contributed by atoms with van der Waals surface area (Å²) in [5.41, 5.74) is -0.0857. The minimum atomic E-state index is -3.22. The summed E-state index contributed by atoms with van der Waals surface area (Å²) in [5.74, 6) is -1.87. The van der Waals surface area contributed by atoms with E-state index in [9.17, 15) is 28.5 Å². The Kier molecular flexibility index (Phi) is 8.71. The minimum Gasteiger partial charge on any atom is -0.493 e. The highest BCUT2D eigenvalue weighted by molar-refractivity contribution is 6.30. The first-order valence-corrected chi connectivity index (χ1v) is 9.46. The molecule has 1 amide bonds. The van der Waals surface area contributed by atoms with Gasteiger partial charge in [0.15, 0.2) is 11.5 Å². The van der Waals surface area contributed by atoms with E-state index in [4.69, 9.17) is 21.1 Å². The van der Waals surface area contributed by atoms with Crippen molar-refractivity contribution in [2.24, 2.45) is 0 Å². The standard InChI is InChI=1S/C20H19ClF2N2O7/c1-11(26)24-15(12-3-5-14(21)6-4-12)8-19(27)31-10-13-7-17(30-2)18(32-20(22)23)9-16(13)25(28)29/h3-7,9,15,20H,8,10H2,1-2H3,(H,24,26). The number of benzene rings is 2. The van der Waals surface area contributed by atoms with Gasteiger partial charge in [-0.25, -0.2) is 0 Å². The number of halogens is 3. The van der Waals surface area contributed by atoms with E-state index in [0.29, 0.717) is 10.6 Å². The van der Waals surface area contributed by atoms with Crippen LogP contribution in [0.2, 0.25) is 5.02 Å². The molecular weight excluding hydrogens is 454 g/mol. The molecule has 2 aromatic rings. The first-order chi connectivity index (χ1) is 15.1. The van der Waals surface area contributed by atoms with Crippen LogP contribution in [0.15, 0.2) is 36.4 Å². The molecule has 0 radical (unpaired) electrons. The zero-order chi connectivity index (χ0) is 23.8. The number of nitrogens with zero attached hydrogens (tertiary/aromatic N) is 1. The molecule has 0 saturated carbocycles. The molecule has 0 fully saturated rings. The van der Waals surface area contributed by atoms with Gasteiger partial charge >= 0.3 is 12.6 Å². The largest absolute Gasteiger partial charge is 0.493 e. The summed E-state index contributed by atoms with van der Waals surface area (Å²) < 4.78 is 39.4. The highest BCUT2D eigenvalue weighted by Crippen LogP contribution is 2.36. The molecule has 32 heavy (non-hydrogen) atoms. The number of esters is 1. The second kappa shape index (κ2) is 11.2. The van der Waals surface area contributed by atoms with Crippen LogP contribution in [-0.2, 0) is 20.9 Å². The molecule has 0 aromatic heterocycles. The third kappa shape index (κ3) is 7.05. The van der Waals surface area contributed by atoms with E-state index >= 15 is 0 Å². The van der Waals surface area contributed by atoms with Gasteiger partial charge in [-0.05, 0) is 23.8 Å². The van der Waals surface area contributed by atoms with Crippen molar-refractivity contribution >= 4 is 29.2 Å². The molecule has 0 bridgehead atoms. The van der Waals surface area contributed by atoms with Crippen LogP contribution in [-0.4, -0.2) is 30.5 Å². The number of nitro benzene ring substituents is 1. The van der Waals surface area contributed by atoms with Crippen molar-refractivity contribution in [3.8, 4) is 11.5 Å². The molecule has 12 heteroatoms. The number of carbonyl (C=O) groups is 2. The average molecular weight is 473 g/mol. The number of methoxy groups -OCH3 is 1. The lowest BCUT2D eigenvalue weighted by Crippen LogP contribution is -2.28. The smallest absolute Gasteiger partial charge is 0.387 e. The van der Waals surface area contributed by atoms with Gasteiger partial charge in [-0.15, -0.1) is 0 Å². The van der Waals surface area contributed by atoms with Gasteiger partial charge in [-0.3, -0.25) is 19.7 Å². The summed E-state index contributed by atoms with van der Waals surface area (Å²) in [6.07, 6.45) is -0.265. The first-order valence-electron chi connectivity index (χ1n) is 9.09. The number of alkyl halides is 2. The van der Waals surface area contributed by atoms with Crippen molar-refractivity contribution in [1.29, 1.82) is 0 Å². The van der Waals surface area contributed by atoms with Crippen LogP contribution in [0.4, 0.5) is 14.5 Å². The predicted molar refractivity (Wildman–Crippen MR) is 109 cm³/mol. The second-order valence-electron chi connectivity index (χ2n) is 6.44. The summed E-state index contributed by atoms with van der Waals surface area (Å²) >= 11 is 5.85. The molecule has 0 spiro atoms. The third-order valence-electron chi connectivity index (χ3n) is 4.19. The second-order valence-corrected chi connectivity index (χ2v) is 6.87. The molecule has 2 rings (SSSR count). The van der Waals surface area contributed by atoms with E-state index < -0.39 is 41.6 Å². The number of nitrogens with one attached hydrogen (secondary N) is 1. The van der Waals surface area contributed by atoms with Crippen LogP contribution in [0.25, 0.3) is 0 Å². The molecule has 1 N–H and O–H groups in total. The summed E-state index contributed by atoms with van der Waals surface area (Å²) in [6, 6.07) is 7.58. The van der Waals surface area contributed by atoms with Gasteiger partial charge in [-0.1, -0.05) is 23.7 Å². The van der Waals surface area contributed by atoms with Crippen molar-refractivity contribution in [2.45, 2.75) is 32.6 Å². The fourth-order valence-electron chi connectivity index (χ4n) is 2.80. The van der Waals surface area contributed by atoms with Crippen LogP contribution in [0.3, 0.4) is 0 Å². The molecule has 0 aliphatic carbocycles. The molecule has 0 aliphatic rings. The molecule has 0 saturated heterocycles. The van der Waals surface area contributed by atoms with E-state index in [1.54, 1.807) is 24.3 Å². The first kappa shape index (κ1) is 24.8. The van der Waals surface area contributed by atoms with E-state index in [2.05, 4.69) is 10.1 Å². The van der Waals surface area contributed by atoms with Gasteiger partial charge in [0.2, 0.25) is 5.91 Å². The SMILES string of the molecule is COc1cc(COC(=O)CC(NC(C)=O)c2ccc(Cl)cc2)c([N+](=O)[O-])cc1OC(F)F. The van der Waals surface area contributed by atoms with Crippen molar-refractivity contribution in [1.82, 2.24) is 5.32 Å². The maximum absolute atomic E-state index is 12.5. The topological polar surface area (TPSA) is 117 Å². The van der Waals surface area contributed by atoms with Crippen molar-refractivity contribution < 1.29 is 37.5 Å². The Morgan fingerprint density at radius 1 is 1.19 bits per heavy atom. The summed E-state index contributed by atoms with van der Waals surface area (Å²) in [4.78, 5) is 34.4. The van der Waals surface area contributed by atoms with Crippen LogP contribution >= 0.6 is 11.6 Å². The van der Waals surface area contributed by atoms with Crippen molar-refractivity contribution in [2.75, 3.05) is 7.11 Å². The van der Waals surface area contributed by atoms with E-state index in [1.807, 2.05) is 0 Å². The number of hydrogen-bond donors (Lipinski definition) is 1. The van der Waals surface area contributed by atoms with Crippen LogP contribution in [0, 0.1) is 10.1 Å². The van der Waals surface area contributed by atoms with Crippen LogP contribution < -0.4 is 14.8 Å². The van der Waals surface area contributed by atoms with Gasteiger partial charge in [0.05, 0.1) is 36.1 Å². The normalized spacial score (nSPS) is 11.6. The highest BCUT2D eigenvalue weighted by atomic mass is 35.5. The minimum absolute atomic E-state index is 0.0932. The van der Waals surface area contributed by atoms with Crippen molar-refractivity contribution in [3.05, 3.63) is 62.7 Å². The fraction of sp³-hybridized carbons (Fsp3) is 0.300. The van der Waals surface area contributed by atoms with Crippen LogP contribution in [0.5, 0.6) is 11.5 Å². The summed E-state index contributed by atoms with van der Waals surface area (Å²) in [5, 5.41) is 14.4. The zero-order valence-electron chi connectivity index (χ0n) is 17.0. The number of hydrogen-bond acceptors (Lipinski definition) is 7. The number of amides is 1. The molecule has 0 heterocycles. The van der Waals surface area contributed by atoms with E-state index in [-0.39, 0.29) is 23.6 Å². The summed E-state index contributed by atoms with van der Waals surface area (Å²) in [7, 11) is 1.17. The zero-order valence-corrected chi connectivity index (χ0v) is 17.7. The Labute approximate surface area is 186 Å². The summed E-state index contributed by atoms with van der Waals surface area (Å²) in [6.45, 7) is -2.47. The number of ether oxygens (including phenoxy) is 3. The van der Waals surface area contributed by atoms with E-state index in [1.165, 1.54) is 14.0 Å². The number of carbonyl (C=O) groups excluding carboxylic acids is 2. The van der Waals surface area contributed by atoms with Gasteiger partial charge in [0, 0.05) is 11.9 Å².